The average Bonchev–Trinajstić information content (AvgIpc) is 3.11. The lowest BCUT2D eigenvalue weighted by Gasteiger charge is -2.29. The number of aromatic nitrogens is 2. The van der Waals surface area contributed by atoms with Crippen molar-refractivity contribution in [3.8, 4) is 17.1 Å². The minimum atomic E-state index is -0.0244. The first kappa shape index (κ1) is 15.3. The van der Waals surface area contributed by atoms with Crippen LogP contribution in [0.2, 0.25) is 0 Å². The first-order valence-electron chi connectivity index (χ1n) is 7.61. The van der Waals surface area contributed by atoms with Crippen molar-refractivity contribution in [2.24, 2.45) is 0 Å². The molecule has 1 aliphatic heterocycles. The third-order valence-corrected chi connectivity index (χ3v) is 4.12. The molecule has 0 radical (unpaired) electrons. The van der Waals surface area contributed by atoms with Crippen molar-refractivity contribution in [3.63, 3.8) is 0 Å². The topological polar surface area (TPSA) is 68.5 Å². The van der Waals surface area contributed by atoms with Crippen molar-refractivity contribution in [1.82, 2.24) is 15.0 Å². The van der Waals surface area contributed by atoms with E-state index in [0.29, 0.717) is 30.6 Å². The molecule has 6 nitrogen and oxygen atoms in total. The van der Waals surface area contributed by atoms with E-state index in [0.717, 1.165) is 18.4 Å². The second-order valence-electron chi connectivity index (χ2n) is 5.46. The van der Waals surface area contributed by atoms with Gasteiger partial charge in [-0.25, -0.2) is 0 Å². The molecule has 1 fully saturated rings. The lowest BCUT2D eigenvalue weighted by molar-refractivity contribution is -0.127. The van der Waals surface area contributed by atoms with Crippen molar-refractivity contribution in [2.45, 2.75) is 18.8 Å². The first-order valence-corrected chi connectivity index (χ1v) is 7.61. The molecule has 0 atom stereocenters. The van der Waals surface area contributed by atoms with Gasteiger partial charge in [0, 0.05) is 19.0 Å². The van der Waals surface area contributed by atoms with Gasteiger partial charge in [0.25, 0.3) is 0 Å². The molecule has 3 rings (SSSR count). The van der Waals surface area contributed by atoms with E-state index < -0.39 is 0 Å². The molecule has 0 bridgehead atoms. The first-order chi connectivity index (χ1) is 11.2. The highest BCUT2D eigenvalue weighted by Crippen LogP contribution is 2.31. The van der Waals surface area contributed by atoms with Crippen LogP contribution in [0.5, 0.6) is 5.75 Å². The van der Waals surface area contributed by atoms with E-state index in [2.05, 4.69) is 16.7 Å². The molecule has 6 heteroatoms. The Morgan fingerprint density at radius 1 is 1.39 bits per heavy atom. The third-order valence-electron chi connectivity index (χ3n) is 4.12. The molecule has 23 heavy (non-hydrogen) atoms. The number of hydrogen-bond acceptors (Lipinski definition) is 5. The molecule has 1 aromatic carbocycles. The summed E-state index contributed by atoms with van der Waals surface area (Å²) in [4.78, 5) is 17.9. The average molecular weight is 313 g/mol. The number of amides is 1. The minimum absolute atomic E-state index is 0.0244. The highest BCUT2D eigenvalue weighted by atomic mass is 16.5. The van der Waals surface area contributed by atoms with Crippen LogP contribution in [0.15, 0.2) is 41.4 Å². The van der Waals surface area contributed by atoms with Crippen LogP contribution < -0.4 is 4.74 Å². The fourth-order valence-electron chi connectivity index (χ4n) is 2.82. The number of hydrogen-bond donors (Lipinski definition) is 0. The SMILES string of the molecule is C=CC(=O)N1CCC(c2nc(-c3ccccc3OC)no2)CC1. The van der Waals surface area contributed by atoms with Gasteiger partial charge in [-0.2, -0.15) is 4.98 Å². The maximum absolute atomic E-state index is 11.6. The van der Waals surface area contributed by atoms with E-state index in [4.69, 9.17) is 9.26 Å². The predicted molar refractivity (Wildman–Crippen MR) is 85.0 cm³/mol. The van der Waals surface area contributed by atoms with Gasteiger partial charge in [-0.3, -0.25) is 4.79 Å². The summed E-state index contributed by atoms with van der Waals surface area (Å²) in [5.74, 6) is 2.02. The van der Waals surface area contributed by atoms with Crippen LogP contribution in [0.4, 0.5) is 0 Å². The largest absolute Gasteiger partial charge is 0.496 e. The molecule has 2 aromatic rings. The quantitative estimate of drug-likeness (QED) is 0.812. The smallest absolute Gasteiger partial charge is 0.245 e. The number of nitrogens with zero attached hydrogens (tertiary/aromatic N) is 3. The van der Waals surface area contributed by atoms with Crippen LogP contribution in [0, 0.1) is 0 Å². The molecule has 0 spiro atoms. The second-order valence-corrected chi connectivity index (χ2v) is 5.46. The molecule has 1 amide bonds. The lowest BCUT2D eigenvalue weighted by atomic mass is 9.96. The van der Waals surface area contributed by atoms with E-state index in [1.165, 1.54) is 6.08 Å². The van der Waals surface area contributed by atoms with Crippen LogP contribution in [0.1, 0.15) is 24.7 Å². The Kier molecular flexibility index (Phi) is 4.41. The van der Waals surface area contributed by atoms with Gasteiger partial charge in [-0.1, -0.05) is 23.9 Å². The summed E-state index contributed by atoms with van der Waals surface area (Å²) in [6, 6.07) is 7.58. The molecule has 120 valence electrons. The molecular formula is C17H19N3O3. The number of ether oxygens (including phenoxy) is 1. The van der Waals surface area contributed by atoms with E-state index in [9.17, 15) is 4.79 Å². The van der Waals surface area contributed by atoms with E-state index in [-0.39, 0.29) is 11.8 Å². The highest BCUT2D eigenvalue weighted by Gasteiger charge is 2.27. The van der Waals surface area contributed by atoms with Crippen LogP contribution in [-0.4, -0.2) is 41.1 Å². The van der Waals surface area contributed by atoms with Crippen molar-refractivity contribution < 1.29 is 14.1 Å². The zero-order chi connectivity index (χ0) is 16.2. The fourth-order valence-corrected chi connectivity index (χ4v) is 2.82. The maximum Gasteiger partial charge on any atom is 0.245 e. The van der Waals surface area contributed by atoms with Gasteiger partial charge in [-0.05, 0) is 31.1 Å². The molecule has 0 aliphatic carbocycles. The van der Waals surface area contributed by atoms with Crippen molar-refractivity contribution >= 4 is 5.91 Å². The Labute approximate surface area is 134 Å². The Morgan fingerprint density at radius 2 is 2.13 bits per heavy atom. The summed E-state index contributed by atoms with van der Waals surface area (Å²) in [6.07, 6.45) is 2.98. The lowest BCUT2D eigenvalue weighted by Crippen LogP contribution is -2.36. The van der Waals surface area contributed by atoms with E-state index in [1.54, 1.807) is 12.0 Å². The van der Waals surface area contributed by atoms with Gasteiger partial charge in [0.05, 0.1) is 12.7 Å². The van der Waals surface area contributed by atoms with Crippen LogP contribution in [0.25, 0.3) is 11.4 Å². The Morgan fingerprint density at radius 3 is 2.83 bits per heavy atom. The van der Waals surface area contributed by atoms with Gasteiger partial charge < -0.3 is 14.2 Å². The standard InChI is InChI=1S/C17H19N3O3/c1-3-15(21)20-10-8-12(9-11-20)17-18-16(19-23-17)13-6-4-5-7-14(13)22-2/h3-7,12H,1,8-11H2,2H3. The molecule has 1 aromatic heterocycles. The van der Waals surface area contributed by atoms with Crippen molar-refractivity contribution in [3.05, 3.63) is 42.8 Å². The van der Waals surface area contributed by atoms with Crippen molar-refractivity contribution in [2.75, 3.05) is 20.2 Å². The summed E-state index contributed by atoms with van der Waals surface area (Å²) < 4.78 is 10.8. The summed E-state index contributed by atoms with van der Waals surface area (Å²) in [5.41, 5.74) is 0.810. The predicted octanol–water partition coefficient (Wildman–Crippen LogP) is 2.64. The monoisotopic (exact) mass is 313 g/mol. The van der Waals surface area contributed by atoms with Crippen molar-refractivity contribution in [1.29, 1.82) is 0 Å². The number of rotatable bonds is 4. The molecule has 0 saturated carbocycles. The van der Waals surface area contributed by atoms with Gasteiger partial charge in [0.1, 0.15) is 5.75 Å². The minimum Gasteiger partial charge on any atom is -0.496 e. The number of benzene rings is 1. The fraction of sp³-hybridized carbons (Fsp3) is 0.353. The number of piperidine rings is 1. The number of para-hydroxylation sites is 1. The van der Waals surface area contributed by atoms with Crippen LogP contribution in [0.3, 0.4) is 0 Å². The summed E-state index contributed by atoms with van der Waals surface area (Å²) in [5, 5.41) is 4.08. The van der Waals surface area contributed by atoms with Gasteiger partial charge >= 0.3 is 0 Å². The number of likely N-dealkylation sites (tertiary alicyclic amines) is 1. The van der Waals surface area contributed by atoms with Gasteiger partial charge in [-0.15, -0.1) is 0 Å². The Bertz CT molecular complexity index is 703. The van der Waals surface area contributed by atoms with Gasteiger partial charge in [0.15, 0.2) is 0 Å². The number of carbonyl (C=O) groups is 1. The number of methoxy groups -OCH3 is 1. The third kappa shape index (κ3) is 3.11. The molecule has 1 aliphatic rings. The van der Waals surface area contributed by atoms with E-state index in [1.807, 2.05) is 24.3 Å². The molecule has 0 N–H and O–H groups in total. The summed E-state index contributed by atoms with van der Waals surface area (Å²) >= 11 is 0. The highest BCUT2D eigenvalue weighted by molar-refractivity contribution is 5.87. The number of carbonyl (C=O) groups excluding carboxylic acids is 1. The maximum atomic E-state index is 11.6. The normalized spacial score (nSPS) is 15.4. The van der Waals surface area contributed by atoms with Crippen LogP contribution >= 0.6 is 0 Å². The summed E-state index contributed by atoms with van der Waals surface area (Å²) in [6.45, 7) is 4.89. The molecular weight excluding hydrogens is 294 g/mol. The zero-order valence-electron chi connectivity index (χ0n) is 13.1. The molecule has 0 unspecified atom stereocenters. The zero-order valence-corrected chi connectivity index (χ0v) is 13.1. The van der Waals surface area contributed by atoms with Gasteiger partial charge in [0.2, 0.25) is 17.6 Å². The van der Waals surface area contributed by atoms with Crippen LogP contribution in [-0.2, 0) is 4.79 Å². The Balaban J connectivity index is 1.73. The summed E-state index contributed by atoms with van der Waals surface area (Å²) in [7, 11) is 1.62. The van der Waals surface area contributed by atoms with E-state index >= 15 is 0 Å². The second kappa shape index (κ2) is 6.64. The molecule has 2 heterocycles. The molecule has 1 saturated heterocycles. The Hall–Kier alpha value is -2.63.